The molecule has 0 saturated carbocycles. The summed E-state index contributed by atoms with van der Waals surface area (Å²) < 4.78 is 14.8. The topological polar surface area (TPSA) is 38.0 Å². The van der Waals surface area contributed by atoms with Crippen molar-refractivity contribution in [3.63, 3.8) is 0 Å². The smallest absolute Gasteiger partial charge is 0.126 e. The molecule has 1 unspecified atom stereocenters. The highest BCUT2D eigenvalue weighted by Crippen LogP contribution is 2.22. The lowest BCUT2D eigenvalue weighted by Gasteiger charge is -2.31. The maximum atomic E-state index is 13.8. The molecule has 0 saturated heterocycles. The molecule has 0 aromatic heterocycles. The van der Waals surface area contributed by atoms with E-state index in [2.05, 4.69) is 21.2 Å². The minimum absolute atomic E-state index is 0.190. The molecule has 0 fully saturated rings. The summed E-state index contributed by atoms with van der Waals surface area (Å²) in [4.78, 5) is 0. The fourth-order valence-electron chi connectivity index (χ4n) is 2.11. The first-order valence-corrected chi connectivity index (χ1v) is 7.29. The summed E-state index contributed by atoms with van der Waals surface area (Å²) in [6.07, 6.45) is 0.534. The van der Waals surface area contributed by atoms with Gasteiger partial charge in [0.25, 0.3) is 0 Å². The molecule has 0 amide bonds. The van der Waals surface area contributed by atoms with Gasteiger partial charge in [-0.15, -0.1) is 0 Å². The summed E-state index contributed by atoms with van der Waals surface area (Å²) in [7, 11) is 0. The molecular formula is C16H18BrFN2. The third-order valence-corrected chi connectivity index (χ3v) is 3.81. The van der Waals surface area contributed by atoms with Gasteiger partial charge in [-0.05, 0) is 49.2 Å². The van der Waals surface area contributed by atoms with Gasteiger partial charge in [0.1, 0.15) is 5.82 Å². The van der Waals surface area contributed by atoms with Gasteiger partial charge in [-0.3, -0.25) is 0 Å². The zero-order chi connectivity index (χ0) is 14.6. The average molecular weight is 337 g/mol. The summed E-state index contributed by atoms with van der Waals surface area (Å²) in [5, 5.41) is 3.40. The van der Waals surface area contributed by atoms with E-state index < -0.39 is 5.54 Å². The summed E-state index contributed by atoms with van der Waals surface area (Å²) in [5.41, 5.74) is 7.14. The monoisotopic (exact) mass is 336 g/mol. The molecule has 4 heteroatoms. The number of hydrogen-bond donors (Lipinski definition) is 2. The van der Waals surface area contributed by atoms with E-state index >= 15 is 0 Å². The molecule has 1 atom stereocenters. The average Bonchev–Trinajstić information content (AvgIpc) is 2.44. The van der Waals surface area contributed by atoms with Gasteiger partial charge in [0.05, 0.1) is 5.54 Å². The van der Waals surface area contributed by atoms with Crippen molar-refractivity contribution in [3.05, 3.63) is 64.4 Å². The van der Waals surface area contributed by atoms with Gasteiger partial charge >= 0.3 is 0 Å². The van der Waals surface area contributed by atoms with Crippen LogP contribution in [0.5, 0.6) is 0 Å². The molecule has 0 aliphatic rings. The van der Waals surface area contributed by atoms with Crippen LogP contribution >= 0.6 is 15.9 Å². The maximum Gasteiger partial charge on any atom is 0.126 e. The van der Waals surface area contributed by atoms with E-state index in [1.807, 2.05) is 37.3 Å². The zero-order valence-corrected chi connectivity index (χ0v) is 13.0. The second kappa shape index (κ2) is 6.37. The van der Waals surface area contributed by atoms with Crippen molar-refractivity contribution in [1.29, 1.82) is 0 Å². The highest BCUT2D eigenvalue weighted by molar-refractivity contribution is 9.10. The molecule has 2 aromatic carbocycles. The lowest BCUT2D eigenvalue weighted by Crippen LogP contribution is -2.44. The fraction of sp³-hybridized carbons (Fsp3) is 0.250. The standard InChI is InChI=1S/C16H18BrFN2/c1-16(11-19,10-12-4-2-3-5-15(12)18)20-14-8-6-13(17)7-9-14/h2-9,20H,10-11,19H2,1H3. The van der Waals surface area contributed by atoms with Crippen LogP contribution < -0.4 is 11.1 Å². The molecule has 0 aliphatic carbocycles. The second-order valence-corrected chi connectivity index (χ2v) is 6.08. The lowest BCUT2D eigenvalue weighted by atomic mass is 9.92. The van der Waals surface area contributed by atoms with E-state index in [0.29, 0.717) is 18.5 Å². The number of nitrogens with one attached hydrogen (secondary N) is 1. The summed E-state index contributed by atoms with van der Waals surface area (Å²) in [6.45, 7) is 2.42. The number of nitrogens with two attached hydrogens (primary N) is 1. The van der Waals surface area contributed by atoms with Gasteiger partial charge < -0.3 is 11.1 Å². The lowest BCUT2D eigenvalue weighted by molar-refractivity contribution is 0.502. The minimum atomic E-state index is -0.393. The fourth-order valence-corrected chi connectivity index (χ4v) is 2.38. The Bertz CT molecular complexity index is 571. The van der Waals surface area contributed by atoms with Crippen LogP contribution in [0.15, 0.2) is 53.0 Å². The zero-order valence-electron chi connectivity index (χ0n) is 11.4. The molecule has 3 N–H and O–H groups in total. The van der Waals surface area contributed by atoms with Crippen LogP contribution in [0.3, 0.4) is 0 Å². The first-order valence-electron chi connectivity index (χ1n) is 6.50. The Balaban J connectivity index is 2.17. The molecule has 0 aliphatic heterocycles. The van der Waals surface area contributed by atoms with Crippen LogP contribution in [0, 0.1) is 5.82 Å². The molecule has 2 aromatic rings. The predicted octanol–water partition coefficient (Wildman–Crippen LogP) is 3.96. The second-order valence-electron chi connectivity index (χ2n) is 5.16. The number of benzene rings is 2. The van der Waals surface area contributed by atoms with E-state index in [4.69, 9.17) is 5.73 Å². The molecule has 20 heavy (non-hydrogen) atoms. The van der Waals surface area contributed by atoms with Crippen molar-refractivity contribution in [3.8, 4) is 0 Å². The van der Waals surface area contributed by atoms with Gasteiger partial charge in [-0.25, -0.2) is 4.39 Å². The number of hydrogen-bond acceptors (Lipinski definition) is 2. The quantitative estimate of drug-likeness (QED) is 0.867. The van der Waals surface area contributed by atoms with Crippen LogP contribution in [0.25, 0.3) is 0 Å². The Hall–Kier alpha value is -1.39. The maximum absolute atomic E-state index is 13.8. The highest BCUT2D eigenvalue weighted by Gasteiger charge is 2.24. The highest BCUT2D eigenvalue weighted by atomic mass is 79.9. The van der Waals surface area contributed by atoms with Crippen LogP contribution in [0.4, 0.5) is 10.1 Å². The van der Waals surface area contributed by atoms with Gasteiger partial charge in [-0.1, -0.05) is 34.1 Å². The van der Waals surface area contributed by atoms with E-state index in [1.165, 1.54) is 6.07 Å². The van der Waals surface area contributed by atoms with E-state index in [0.717, 1.165) is 10.2 Å². The molecular weight excluding hydrogens is 319 g/mol. The summed E-state index contributed by atoms with van der Waals surface area (Å²) >= 11 is 3.40. The summed E-state index contributed by atoms with van der Waals surface area (Å²) in [5.74, 6) is -0.190. The third kappa shape index (κ3) is 3.81. The molecule has 106 valence electrons. The van der Waals surface area contributed by atoms with Crippen molar-refractivity contribution >= 4 is 21.6 Å². The SMILES string of the molecule is CC(CN)(Cc1ccccc1F)Nc1ccc(Br)cc1. The molecule has 0 radical (unpaired) electrons. The van der Waals surface area contributed by atoms with Gasteiger partial charge in [-0.2, -0.15) is 0 Å². The Morgan fingerprint density at radius 1 is 1.15 bits per heavy atom. The Morgan fingerprint density at radius 3 is 2.40 bits per heavy atom. The molecule has 0 spiro atoms. The Kier molecular flexibility index (Phi) is 4.78. The van der Waals surface area contributed by atoms with Gasteiger partial charge in [0, 0.05) is 16.7 Å². The minimum Gasteiger partial charge on any atom is -0.378 e. The van der Waals surface area contributed by atoms with E-state index in [1.54, 1.807) is 12.1 Å². The van der Waals surface area contributed by atoms with Crippen molar-refractivity contribution < 1.29 is 4.39 Å². The first-order chi connectivity index (χ1) is 9.52. The molecule has 0 heterocycles. The molecule has 0 bridgehead atoms. The summed E-state index contributed by atoms with van der Waals surface area (Å²) in [6, 6.07) is 14.7. The van der Waals surface area contributed by atoms with Crippen molar-refractivity contribution in [2.45, 2.75) is 18.9 Å². The van der Waals surface area contributed by atoms with Crippen LogP contribution in [0.1, 0.15) is 12.5 Å². The number of rotatable bonds is 5. The number of anilines is 1. The van der Waals surface area contributed by atoms with E-state index in [-0.39, 0.29) is 5.82 Å². The van der Waals surface area contributed by atoms with Crippen molar-refractivity contribution in [2.24, 2.45) is 5.73 Å². The van der Waals surface area contributed by atoms with Crippen LogP contribution in [-0.2, 0) is 6.42 Å². The van der Waals surface area contributed by atoms with Crippen molar-refractivity contribution in [2.75, 3.05) is 11.9 Å². The third-order valence-electron chi connectivity index (χ3n) is 3.28. The number of halogens is 2. The largest absolute Gasteiger partial charge is 0.378 e. The molecule has 2 rings (SSSR count). The van der Waals surface area contributed by atoms with Crippen LogP contribution in [-0.4, -0.2) is 12.1 Å². The van der Waals surface area contributed by atoms with Crippen LogP contribution in [0.2, 0.25) is 0 Å². The Labute approximate surface area is 127 Å². The van der Waals surface area contributed by atoms with Crippen molar-refractivity contribution in [1.82, 2.24) is 0 Å². The first kappa shape index (κ1) is 15.0. The normalized spacial score (nSPS) is 13.8. The predicted molar refractivity (Wildman–Crippen MR) is 85.3 cm³/mol. The Morgan fingerprint density at radius 2 is 1.80 bits per heavy atom. The van der Waals surface area contributed by atoms with Gasteiger partial charge in [0.15, 0.2) is 0 Å². The van der Waals surface area contributed by atoms with Gasteiger partial charge in [0.2, 0.25) is 0 Å². The molecule has 2 nitrogen and oxygen atoms in total. The van der Waals surface area contributed by atoms with E-state index in [9.17, 15) is 4.39 Å².